The van der Waals surface area contributed by atoms with E-state index < -0.39 is 5.97 Å². The van der Waals surface area contributed by atoms with Crippen molar-refractivity contribution in [1.29, 1.82) is 0 Å². The van der Waals surface area contributed by atoms with E-state index in [1.807, 2.05) is 0 Å². The van der Waals surface area contributed by atoms with Crippen LogP contribution in [-0.4, -0.2) is 35.6 Å². The van der Waals surface area contributed by atoms with Crippen molar-refractivity contribution in [1.82, 2.24) is 9.78 Å². The summed E-state index contributed by atoms with van der Waals surface area (Å²) in [6, 6.07) is 0. The summed E-state index contributed by atoms with van der Waals surface area (Å²) < 4.78 is 12.0. The van der Waals surface area contributed by atoms with Gasteiger partial charge >= 0.3 is 5.97 Å². The van der Waals surface area contributed by atoms with E-state index in [1.54, 1.807) is 17.8 Å². The molecular formula is C13H23N3O3. The zero-order valence-corrected chi connectivity index (χ0v) is 11.9. The highest BCUT2D eigenvalue weighted by atomic mass is 16.5. The molecule has 6 heteroatoms. The zero-order chi connectivity index (χ0) is 14.3. The quantitative estimate of drug-likeness (QED) is 0.574. The van der Waals surface area contributed by atoms with Crippen LogP contribution in [-0.2, 0) is 16.0 Å². The summed E-state index contributed by atoms with van der Waals surface area (Å²) in [5, 5.41) is 4.10. The van der Waals surface area contributed by atoms with Gasteiger partial charge in [-0.1, -0.05) is 13.8 Å². The molecule has 0 aromatic carbocycles. The number of carbonyl (C=O) groups is 1. The highest BCUT2D eigenvalue weighted by Gasteiger charge is 2.15. The molecule has 108 valence electrons. The second kappa shape index (κ2) is 7.78. The Balaban J connectivity index is 2.39. The lowest BCUT2D eigenvalue weighted by atomic mass is 10.1. The van der Waals surface area contributed by atoms with Gasteiger partial charge in [0.15, 0.2) is 5.69 Å². The summed E-state index contributed by atoms with van der Waals surface area (Å²) in [7, 11) is 0. The van der Waals surface area contributed by atoms with Crippen molar-refractivity contribution < 1.29 is 14.3 Å². The van der Waals surface area contributed by atoms with Crippen molar-refractivity contribution in [3.63, 3.8) is 0 Å². The third-order valence-electron chi connectivity index (χ3n) is 2.56. The second-order valence-corrected chi connectivity index (χ2v) is 4.71. The molecule has 0 saturated heterocycles. The first-order valence-corrected chi connectivity index (χ1v) is 6.62. The van der Waals surface area contributed by atoms with Crippen LogP contribution in [0, 0.1) is 5.92 Å². The molecule has 0 atom stereocenters. The van der Waals surface area contributed by atoms with E-state index in [0.717, 1.165) is 13.0 Å². The Hall–Kier alpha value is -1.56. The monoisotopic (exact) mass is 269 g/mol. The number of hydrogen-bond donors (Lipinski definition) is 1. The first-order valence-electron chi connectivity index (χ1n) is 6.62. The molecule has 2 N–H and O–H groups in total. The van der Waals surface area contributed by atoms with Crippen LogP contribution in [0.25, 0.3) is 0 Å². The Morgan fingerprint density at radius 2 is 2.21 bits per heavy atom. The van der Waals surface area contributed by atoms with E-state index in [-0.39, 0.29) is 5.69 Å². The van der Waals surface area contributed by atoms with Gasteiger partial charge in [-0.2, -0.15) is 5.10 Å². The summed E-state index contributed by atoms with van der Waals surface area (Å²) in [6.07, 6.45) is 2.66. The number of nitrogens with zero attached hydrogens (tertiary/aromatic N) is 2. The first kappa shape index (κ1) is 15.5. The van der Waals surface area contributed by atoms with E-state index in [0.29, 0.717) is 31.4 Å². The van der Waals surface area contributed by atoms with E-state index in [2.05, 4.69) is 18.9 Å². The van der Waals surface area contributed by atoms with Crippen LogP contribution in [0.1, 0.15) is 37.7 Å². The minimum Gasteiger partial charge on any atom is -0.461 e. The molecule has 0 amide bonds. The summed E-state index contributed by atoms with van der Waals surface area (Å²) in [5.41, 5.74) is 6.22. The molecule has 0 saturated carbocycles. The lowest BCUT2D eigenvalue weighted by Crippen LogP contribution is -2.11. The average molecular weight is 269 g/mol. The van der Waals surface area contributed by atoms with E-state index in [4.69, 9.17) is 15.2 Å². The van der Waals surface area contributed by atoms with Gasteiger partial charge in [-0.15, -0.1) is 0 Å². The fourth-order valence-electron chi connectivity index (χ4n) is 1.49. The normalized spacial score (nSPS) is 10.9. The molecule has 6 nitrogen and oxygen atoms in total. The van der Waals surface area contributed by atoms with E-state index in [1.165, 1.54) is 0 Å². The van der Waals surface area contributed by atoms with Gasteiger partial charge in [0, 0.05) is 12.8 Å². The molecule has 1 rings (SSSR count). The number of rotatable bonds is 8. The first-order chi connectivity index (χ1) is 9.04. The van der Waals surface area contributed by atoms with Crippen LogP contribution in [0.15, 0.2) is 6.20 Å². The average Bonchev–Trinajstić information content (AvgIpc) is 2.70. The number of nitrogens with two attached hydrogens (primary N) is 1. The van der Waals surface area contributed by atoms with Crippen molar-refractivity contribution >= 4 is 11.7 Å². The highest BCUT2D eigenvalue weighted by molar-refractivity contribution is 5.92. The Kier molecular flexibility index (Phi) is 6.35. The third kappa shape index (κ3) is 5.30. The fraction of sp³-hybridized carbons (Fsp3) is 0.692. The third-order valence-corrected chi connectivity index (χ3v) is 2.56. The number of hydrogen-bond acceptors (Lipinski definition) is 5. The Morgan fingerprint density at radius 3 is 2.84 bits per heavy atom. The molecule has 0 radical (unpaired) electrons. The van der Waals surface area contributed by atoms with Gasteiger partial charge in [0.1, 0.15) is 0 Å². The number of aromatic nitrogens is 2. The lowest BCUT2D eigenvalue weighted by molar-refractivity contribution is 0.0518. The van der Waals surface area contributed by atoms with Gasteiger partial charge in [-0.3, -0.25) is 4.68 Å². The van der Waals surface area contributed by atoms with Crippen LogP contribution in [0.2, 0.25) is 0 Å². The highest BCUT2D eigenvalue weighted by Crippen LogP contribution is 2.10. The molecule has 0 aliphatic rings. The molecule has 1 heterocycles. The van der Waals surface area contributed by atoms with Gasteiger partial charge < -0.3 is 15.2 Å². The van der Waals surface area contributed by atoms with Crippen LogP contribution >= 0.6 is 0 Å². The second-order valence-electron chi connectivity index (χ2n) is 4.71. The minimum absolute atomic E-state index is 0.170. The molecule has 0 fully saturated rings. The standard InChI is InChI=1S/C13H23N3O3/c1-4-19-13(17)12-11(14)9-16(15-12)6-8-18-7-5-10(2)3/h9-10H,4-8,14H2,1-3H3. The van der Waals surface area contributed by atoms with E-state index >= 15 is 0 Å². The largest absolute Gasteiger partial charge is 0.461 e. The fourth-order valence-corrected chi connectivity index (χ4v) is 1.49. The summed E-state index contributed by atoms with van der Waals surface area (Å²) in [6.45, 7) is 8.22. The molecule has 1 aromatic rings. The lowest BCUT2D eigenvalue weighted by Gasteiger charge is -2.06. The van der Waals surface area contributed by atoms with Crippen LogP contribution < -0.4 is 5.73 Å². The predicted octanol–water partition coefficient (Wildman–Crippen LogP) is 1.70. The minimum atomic E-state index is -0.487. The van der Waals surface area contributed by atoms with Gasteiger partial charge in [-0.05, 0) is 19.3 Å². The number of esters is 1. The number of anilines is 1. The van der Waals surface area contributed by atoms with Gasteiger partial charge in [0.05, 0.1) is 25.4 Å². The van der Waals surface area contributed by atoms with Crippen molar-refractivity contribution in [2.45, 2.75) is 33.7 Å². The zero-order valence-electron chi connectivity index (χ0n) is 11.9. The topological polar surface area (TPSA) is 79.4 Å². The Bertz CT molecular complexity index is 402. The van der Waals surface area contributed by atoms with Crippen molar-refractivity contribution in [3.8, 4) is 0 Å². The number of carbonyl (C=O) groups excluding carboxylic acids is 1. The maximum Gasteiger partial charge on any atom is 0.361 e. The van der Waals surface area contributed by atoms with Gasteiger partial charge in [0.25, 0.3) is 0 Å². The molecule has 0 bridgehead atoms. The smallest absolute Gasteiger partial charge is 0.361 e. The molecular weight excluding hydrogens is 246 g/mol. The molecule has 19 heavy (non-hydrogen) atoms. The number of nitrogen functional groups attached to an aromatic ring is 1. The summed E-state index contributed by atoms with van der Waals surface area (Å²) >= 11 is 0. The van der Waals surface area contributed by atoms with Crippen LogP contribution in [0.3, 0.4) is 0 Å². The van der Waals surface area contributed by atoms with E-state index in [9.17, 15) is 4.79 Å². The maximum absolute atomic E-state index is 11.5. The summed E-state index contributed by atoms with van der Waals surface area (Å²) in [5.74, 6) is 0.148. The van der Waals surface area contributed by atoms with Gasteiger partial charge in [0.2, 0.25) is 0 Å². The van der Waals surface area contributed by atoms with Crippen LogP contribution in [0.4, 0.5) is 5.69 Å². The van der Waals surface area contributed by atoms with Crippen LogP contribution in [0.5, 0.6) is 0 Å². The molecule has 0 spiro atoms. The van der Waals surface area contributed by atoms with Crippen molar-refractivity contribution in [2.75, 3.05) is 25.6 Å². The molecule has 1 aromatic heterocycles. The maximum atomic E-state index is 11.5. The Morgan fingerprint density at radius 1 is 1.47 bits per heavy atom. The SMILES string of the molecule is CCOC(=O)c1nn(CCOCCC(C)C)cc1N. The summed E-state index contributed by atoms with van der Waals surface area (Å²) in [4.78, 5) is 11.5. The predicted molar refractivity (Wildman–Crippen MR) is 72.9 cm³/mol. The molecule has 0 unspecified atom stereocenters. The van der Waals surface area contributed by atoms with Crippen molar-refractivity contribution in [2.24, 2.45) is 5.92 Å². The van der Waals surface area contributed by atoms with Gasteiger partial charge in [-0.25, -0.2) is 4.79 Å². The Labute approximate surface area is 113 Å². The number of ether oxygens (including phenoxy) is 2. The molecule has 0 aliphatic heterocycles. The van der Waals surface area contributed by atoms with Crippen molar-refractivity contribution in [3.05, 3.63) is 11.9 Å². The molecule has 0 aliphatic carbocycles.